The SMILES string of the molecule is CCCN1CC2C3CC[C@H](C(=O)Nc4cc(C(C)(C)C)ccc4C(C)(C)C)C3(C)CCC2[C@@]2(C)CCC(=O)C=C12. The van der Waals surface area contributed by atoms with Crippen LogP contribution in [0.25, 0.3) is 0 Å². The van der Waals surface area contributed by atoms with Crippen molar-refractivity contribution in [2.45, 2.75) is 118 Å². The van der Waals surface area contributed by atoms with Crippen molar-refractivity contribution >= 4 is 17.4 Å². The van der Waals surface area contributed by atoms with Crippen molar-refractivity contribution in [3.63, 3.8) is 0 Å². The summed E-state index contributed by atoms with van der Waals surface area (Å²) in [4.78, 5) is 29.2. The Kier molecular flexibility index (Phi) is 7.36. The van der Waals surface area contributed by atoms with Crippen LogP contribution in [-0.4, -0.2) is 29.7 Å². The van der Waals surface area contributed by atoms with Crippen molar-refractivity contribution in [2.75, 3.05) is 18.4 Å². The Balaban J connectivity index is 1.43. The first-order valence-electron chi connectivity index (χ1n) is 16.1. The highest BCUT2D eigenvalue weighted by Crippen LogP contribution is 2.65. The normalized spacial score (nSPS) is 34.1. The van der Waals surface area contributed by atoms with E-state index >= 15 is 0 Å². The van der Waals surface area contributed by atoms with E-state index in [9.17, 15) is 9.59 Å². The highest BCUT2D eigenvalue weighted by Gasteiger charge is 2.61. The van der Waals surface area contributed by atoms with Gasteiger partial charge in [-0.2, -0.15) is 0 Å². The van der Waals surface area contributed by atoms with Crippen molar-refractivity contribution in [2.24, 2.45) is 34.5 Å². The minimum Gasteiger partial charge on any atom is -0.374 e. The number of anilines is 1. The van der Waals surface area contributed by atoms with Crippen LogP contribution in [0.15, 0.2) is 30.0 Å². The van der Waals surface area contributed by atoms with Crippen molar-refractivity contribution < 1.29 is 9.59 Å². The molecule has 4 unspecified atom stereocenters. The van der Waals surface area contributed by atoms with Crippen LogP contribution in [0, 0.1) is 34.5 Å². The first-order chi connectivity index (χ1) is 18.6. The lowest BCUT2D eigenvalue weighted by molar-refractivity contribution is -0.129. The Morgan fingerprint density at radius 1 is 1.00 bits per heavy atom. The van der Waals surface area contributed by atoms with E-state index in [1.54, 1.807) is 0 Å². The van der Waals surface area contributed by atoms with Gasteiger partial charge >= 0.3 is 0 Å². The lowest BCUT2D eigenvalue weighted by atomic mass is 9.49. The minimum atomic E-state index is -0.0495. The number of allylic oxidation sites excluding steroid dienone is 2. The van der Waals surface area contributed by atoms with Crippen LogP contribution in [0.2, 0.25) is 0 Å². The number of nitrogens with one attached hydrogen (secondary N) is 1. The second-order valence-electron chi connectivity index (χ2n) is 16.2. The number of hydrogen-bond acceptors (Lipinski definition) is 3. The maximum atomic E-state index is 14.2. The van der Waals surface area contributed by atoms with Crippen LogP contribution in [0.1, 0.15) is 118 Å². The monoisotopic (exact) mass is 546 g/mol. The van der Waals surface area contributed by atoms with Crippen molar-refractivity contribution in [1.29, 1.82) is 0 Å². The smallest absolute Gasteiger partial charge is 0.228 e. The van der Waals surface area contributed by atoms with Gasteiger partial charge in [-0.05, 0) is 89.7 Å². The molecule has 0 radical (unpaired) electrons. The first-order valence-corrected chi connectivity index (χ1v) is 16.1. The van der Waals surface area contributed by atoms with Gasteiger partial charge in [0, 0.05) is 48.3 Å². The molecule has 1 aliphatic heterocycles. The number of rotatable bonds is 4. The average Bonchev–Trinajstić information content (AvgIpc) is 3.21. The first kappa shape index (κ1) is 29.4. The summed E-state index contributed by atoms with van der Waals surface area (Å²) in [6, 6.07) is 6.69. The maximum Gasteiger partial charge on any atom is 0.228 e. The molecule has 40 heavy (non-hydrogen) atoms. The van der Waals surface area contributed by atoms with Gasteiger partial charge < -0.3 is 10.2 Å². The van der Waals surface area contributed by atoms with Gasteiger partial charge in [-0.1, -0.05) is 74.4 Å². The van der Waals surface area contributed by atoms with Gasteiger partial charge in [-0.15, -0.1) is 0 Å². The van der Waals surface area contributed by atoms with Gasteiger partial charge in [-0.3, -0.25) is 9.59 Å². The van der Waals surface area contributed by atoms with E-state index in [-0.39, 0.29) is 33.5 Å². The number of hydrogen-bond donors (Lipinski definition) is 1. The number of carbonyl (C=O) groups is 2. The van der Waals surface area contributed by atoms with E-state index < -0.39 is 0 Å². The quantitative estimate of drug-likeness (QED) is 0.414. The van der Waals surface area contributed by atoms with Gasteiger partial charge in [0.05, 0.1) is 0 Å². The van der Waals surface area contributed by atoms with Crippen molar-refractivity contribution in [3.05, 3.63) is 41.1 Å². The van der Waals surface area contributed by atoms with Crippen LogP contribution in [0.5, 0.6) is 0 Å². The number of piperidine rings is 1. The van der Waals surface area contributed by atoms with Crippen molar-refractivity contribution in [3.8, 4) is 0 Å². The minimum absolute atomic E-state index is 0.0226. The predicted molar refractivity (Wildman–Crippen MR) is 165 cm³/mol. The van der Waals surface area contributed by atoms with Crippen molar-refractivity contribution in [1.82, 2.24) is 4.90 Å². The molecule has 0 spiro atoms. The zero-order valence-corrected chi connectivity index (χ0v) is 26.7. The van der Waals surface area contributed by atoms with E-state index in [1.807, 2.05) is 6.08 Å². The second-order valence-corrected chi connectivity index (χ2v) is 16.2. The van der Waals surface area contributed by atoms with Crippen LogP contribution in [0.4, 0.5) is 5.69 Å². The summed E-state index contributed by atoms with van der Waals surface area (Å²) in [5.41, 5.74) is 4.86. The Labute approximate surface area is 243 Å². The molecule has 1 saturated heterocycles. The fourth-order valence-electron chi connectivity index (χ4n) is 9.31. The molecule has 5 rings (SSSR count). The average molecular weight is 547 g/mol. The zero-order chi connectivity index (χ0) is 29.3. The van der Waals surface area contributed by atoms with Crippen LogP contribution in [0.3, 0.4) is 0 Å². The van der Waals surface area contributed by atoms with E-state index in [4.69, 9.17) is 0 Å². The van der Waals surface area contributed by atoms with Gasteiger partial charge in [-0.25, -0.2) is 0 Å². The molecule has 0 bridgehead atoms. The van der Waals surface area contributed by atoms with Gasteiger partial charge in [0.25, 0.3) is 0 Å². The number of nitrogens with zero attached hydrogens (tertiary/aromatic N) is 1. The molecular formula is C36H54N2O2. The zero-order valence-electron chi connectivity index (χ0n) is 26.7. The highest BCUT2D eigenvalue weighted by molar-refractivity contribution is 5.94. The van der Waals surface area contributed by atoms with Gasteiger partial charge in [0.1, 0.15) is 0 Å². The Hall–Kier alpha value is -2.10. The topological polar surface area (TPSA) is 49.4 Å². The van der Waals surface area contributed by atoms with Crippen LogP contribution >= 0.6 is 0 Å². The number of carbonyl (C=O) groups excluding carboxylic acids is 2. The molecule has 4 nitrogen and oxygen atoms in total. The molecule has 1 heterocycles. The van der Waals surface area contributed by atoms with Gasteiger partial charge in [0.2, 0.25) is 5.91 Å². The Morgan fingerprint density at radius 3 is 2.38 bits per heavy atom. The van der Waals surface area contributed by atoms with E-state index in [0.717, 1.165) is 57.3 Å². The molecule has 0 aromatic heterocycles. The lowest BCUT2D eigenvalue weighted by Gasteiger charge is -2.60. The number of likely N-dealkylation sites (tertiary alicyclic amines) is 1. The molecule has 1 N–H and O–H groups in total. The molecular weight excluding hydrogens is 492 g/mol. The summed E-state index contributed by atoms with van der Waals surface area (Å²) in [5, 5.41) is 3.49. The van der Waals surface area contributed by atoms with Crippen LogP contribution < -0.4 is 5.32 Å². The molecule has 1 aromatic rings. The molecule has 2 saturated carbocycles. The van der Waals surface area contributed by atoms with E-state index in [1.165, 1.54) is 16.8 Å². The Bertz CT molecular complexity index is 1200. The summed E-state index contributed by atoms with van der Waals surface area (Å²) in [6.45, 7) is 22.6. The van der Waals surface area contributed by atoms with Gasteiger partial charge in [0.15, 0.2) is 5.78 Å². The summed E-state index contributed by atoms with van der Waals surface area (Å²) in [6.07, 6.45) is 9.13. The predicted octanol–water partition coefficient (Wildman–Crippen LogP) is 8.26. The fourth-order valence-corrected chi connectivity index (χ4v) is 9.31. The third kappa shape index (κ3) is 4.86. The van der Waals surface area contributed by atoms with E-state index in [0.29, 0.717) is 30.0 Å². The molecule has 3 fully saturated rings. The highest BCUT2D eigenvalue weighted by atomic mass is 16.2. The number of amides is 1. The summed E-state index contributed by atoms with van der Waals surface area (Å²) < 4.78 is 0. The standard InChI is InChI=1S/C36H54N2O2/c1-10-19-38-22-25-26-13-14-29(35(26,8)18-16-27(25)36(9)17-15-24(39)21-31(36)38)32(40)37-30-20-23(33(2,3)4)11-12-28(30)34(5,6)7/h11-12,20-21,25-27,29H,10,13-19,22H2,1-9H3,(H,37,40)/t25?,26?,27?,29-,35?,36-/m1/s1. The third-order valence-corrected chi connectivity index (χ3v) is 11.6. The molecule has 4 aliphatic rings. The molecule has 220 valence electrons. The largest absolute Gasteiger partial charge is 0.374 e. The summed E-state index contributed by atoms with van der Waals surface area (Å²) in [7, 11) is 0. The third-order valence-electron chi connectivity index (χ3n) is 11.6. The van der Waals surface area contributed by atoms with E-state index in [2.05, 4.69) is 90.7 Å². The Morgan fingerprint density at radius 2 is 1.73 bits per heavy atom. The molecule has 3 aliphatic carbocycles. The molecule has 1 aromatic carbocycles. The summed E-state index contributed by atoms with van der Waals surface area (Å²) in [5.74, 6) is 2.32. The number of fused-ring (bicyclic) bond motifs is 5. The van der Waals surface area contributed by atoms with Crippen LogP contribution in [-0.2, 0) is 20.4 Å². The molecule has 1 amide bonds. The lowest BCUT2D eigenvalue weighted by Crippen LogP contribution is -2.58. The molecule has 4 heteroatoms. The number of benzene rings is 1. The summed E-state index contributed by atoms with van der Waals surface area (Å²) >= 11 is 0. The number of ketones is 1. The molecule has 6 atom stereocenters. The fraction of sp³-hybridized carbons (Fsp3) is 0.722. The maximum absolute atomic E-state index is 14.2. The second kappa shape index (κ2) is 10.0.